The first-order valence-electron chi connectivity index (χ1n) is 5.72. The van der Waals surface area contributed by atoms with Crippen molar-refractivity contribution in [2.45, 2.75) is 27.2 Å². The second kappa shape index (κ2) is 5.63. The van der Waals surface area contributed by atoms with Gasteiger partial charge in [0.15, 0.2) is 0 Å². The zero-order chi connectivity index (χ0) is 13.1. The van der Waals surface area contributed by atoms with Crippen molar-refractivity contribution in [1.82, 2.24) is 15.0 Å². The van der Waals surface area contributed by atoms with E-state index in [4.69, 9.17) is 11.6 Å². The van der Waals surface area contributed by atoms with Crippen LogP contribution in [0.25, 0.3) is 0 Å². The Bertz CT molecular complexity index is 553. The fourth-order valence-electron chi connectivity index (χ4n) is 1.57. The molecule has 1 N–H and O–H groups in total. The molecule has 0 atom stereocenters. The molecule has 2 rings (SSSR count). The standard InChI is InChI=1S/C12H15ClN4S/c1-7-6-18-10(15-7)4-5-14-12-8(2)11(13)16-9(3)17-12/h6H,4-5H2,1-3H3,(H,14,16,17). The molecule has 0 aromatic carbocycles. The molecule has 2 aromatic heterocycles. The van der Waals surface area contributed by atoms with Crippen molar-refractivity contribution in [3.63, 3.8) is 0 Å². The fourth-order valence-corrected chi connectivity index (χ4v) is 2.56. The number of aryl methyl sites for hydroxylation is 2. The van der Waals surface area contributed by atoms with Gasteiger partial charge >= 0.3 is 0 Å². The monoisotopic (exact) mass is 282 g/mol. The lowest BCUT2D eigenvalue weighted by molar-refractivity contribution is 0.955. The number of thiazole rings is 1. The highest BCUT2D eigenvalue weighted by atomic mass is 35.5. The topological polar surface area (TPSA) is 50.7 Å². The van der Waals surface area contributed by atoms with E-state index in [9.17, 15) is 0 Å². The normalized spacial score (nSPS) is 10.7. The number of halogens is 1. The van der Waals surface area contributed by atoms with Crippen LogP contribution in [0.5, 0.6) is 0 Å². The van der Waals surface area contributed by atoms with Gasteiger partial charge in [0.2, 0.25) is 0 Å². The van der Waals surface area contributed by atoms with Gasteiger partial charge in [0.1, 0.15) is 16.8 Å². The summed E-state index contributed by atoms with van der Waals surface area (Å²) in [5.41, 5.74) is 1.96. The van der Waals surface area contributed by atoms with Crippen LogP contribution in [0.15, 0.2) is 5.38 Å². The van der Waals surface area contributed by atoms with Crippen molar-refractivity contribution >= 4 is 28.8 Å². The summed E-state index contributed by atoms with van der Waals surface area (Å²) in [5, 5.41) is 6.99. The largest absolute Gasteiger partial charge is 0.369 e. The van der Waals surface area contributed by atoms with Crippen molar-refractivity contribution in [1.29, 1.82) is 0 Å². The van der Waals surface area contributed by atoms with E-state index in [0.29, 0.717) is 11.0 Å². The van der Waals surface area contributed by atoms with Crippen LogP contribution in [-0.4, -0.2) is 21.5 Å². The first kappa shape index (κ1) is 13.2. The third-order valence-electron chi connectivity index (χ3n) is 2.50. The number of aromatic nitrogens is 3. The molecule has 0 radical (unpaired) electrons. The summed E-state index contributed by atoms with van der Waals surface area (Å²) in [7, 11) is 0. The average Bonchev–Trinajstić information content (AvgIpc) is 2.71. The Kier molecular flexibility index (Phi) is 4.14. The summed E-state index contributed by atoms with van der Waals surface area (Å²) < 4.78 is 0. The smallest absolute Gasteiger partial charge is 0.137 e. The average molecular weight is 283 g/mol. The molecule has 2 heterocycles. The van der Waals surface area contributed by atoms with Gasteiger partial charge in [0.05, 0.1) is 5.01 Å². The van der Waals surface area contributed by atoms with E-state index in [1.165, 1.54) is 0 Å². The number of hydrogen-bond acceptors (Lipinski definition) is 5. The second-order valence-corrected chi connectivity index (χ2v) is 5.40. The van der Waals surface area contributed by atoms with Gasteiger partial charge in [-0.05, 0) is 20.8 Å². The Morgan fingerprint density at radius 3 is 2.67 bits per heavy atom. The van der Waals surface area contributed by atoms with Crippen LogP contribution in [-0.2, 0) is 6.42 Å². The predicted molar refractivity (Wildman–Crippen MR) is 75.6 cm³/mol. The zero-order valence-electron chi connectivity index (χ0n) is 10.6. The van der Waals surface area contributed by atoms with Crippen molar-refractivity contribution in [3.05, 3.63) is 32.6 Å². The molecule has 0 aliphatic carbocycles. The van der Waals surface area contributed by atoms with Crippen molar-refractivity contribution in [2.24, 2.45) is 0 Å². The van der Waals surface area contributed by atoms with Crippen LogP contribution in [0, 0.1) is 20.8 Å². The molecule has 6 heteroatoms. The molecule has 18 heavy (non-hydrogen) atoms. The van der Waals surface area contributed by atoms with E-state index < -0.39 is 0 Å². The Balaban J connectivity index is 1.98. The third kappa shape index (κ3) is 3.17. The predicted octanol–water partition coefficient (Wildman–Crippen LogP) is 3.17. The van der Waals surface area contributed by atoms with Gasteiger partial charge in [-0.15, -0.1) is 11.3 Å². The highest BCUT2D eigenvalue weighted by molar-refractivity contribution is 7.09. The minimum absolute atomic E-state index is 0.509. The maximum atomic E-state index is 6.02. The molecular formula is C12H15ClN4S. The number of rotatable bonds is 4. The van der Waals surface area contributed by atoms with E-state index in [0.717, 1.165) is 35.0 Å². The molecule has 0 unspecified atom stereocenters. The third-order valence-corrected chi connectivity index (χ3v) is 3.89. The Labute approximate surface area is 115 Å². The van der Waals surface area contributed by atoms with E-state index >= 15 is 0 Å². The molecule has 0 aliphatic rings. The molecule has 0 amide bonds. The van der Waals surface area contributed by atoms with Crippen LogP contribution in [0.2, 0.25) is 5.15 Å². The lowest BCUT2D eigenvalue weighted by Gasteiger charge is -2.09. The Hall–Kier alpha value is -1.20. The first-order chi connectivity index (χ1) is 8.56. The number of nitrogens with one attached hydrogen (secondary N) is 1. The second-order valence-electron chi connectivity index (χ2n) is 4.09. The molecule has 96 valence electrons. The molecule has 0 spiro atoms. The fraction of sp³-hybridized carbons (Fsp3) is 0.417. The van der Waals surface area contributed by atoms with Crippen LogP contribution in [0.4, 0.5) is 5.82 Å². The number of nitrogens with zero attached hydrogens (tertiary/aromatic N) is 3. The Morgan fingerprint density at radius 2 is 2.00 bits per heavy atom. The first-order valence-corrected chi connectivity index (χ1v) is 6.97. The van der Waals surface area contributed by atoms with E-state index in [2.05, 4.69) is 25.6 Å². The molecule has 4 nitrogen and oxygen atoms in total. The maximum Gasteiger partial charge on any atom is 0.137 e. The SMILES string of the molecule is Cc1csc(CCNc2nc(C)nc(Cl)c2C)n1. The van der Waals surface area contributed by atoms with Crippen LogP contribution in [0.1, 0.15) is 22.1 Å². The summed E-state index contributed by atoms with van der Waals surface area (Å²) >= 11 is 7.70. The quantitative estimate of drug-likeness (QED) is 0.875. The zero-order valence-corrected chi connectivity index (χ0v) is 12.2. The van der Waals surface area contributed by atoms with Crippen LogP contribution >= 0.6 is 22.9 Å². The highest BCUT2D eigenvalue weighted by Crippen LogP contribution is 2.19. The van der Waals surface area contributed by atoms with Crippen molar-refractivity contribution < 1.29 is 0 Å². The highest BCUT2D eigenvalue weighted by Gasteiger charge is 2.07. The van der Waals surface area contributed by atoms with Crippen molar-refractivity contribution in [2.75, 3.05) is 11.9 Å². The van der Waals surface area contributed by atoms with Gasteiger partial charge in [-0.3, -0.25) is 0 Å². The maximum absolute atomic E-state index is 6.02. The lowest BCUT2D eigenvalue weighted by Crippen LogP contribution is -2.09. The van der Waals surface area contributed by atoms with Gasteiger partial charge in [-0.2, -0.15) is 0 Å². The molecule has 0 aliphatic heterocycles. The van der Waals surface area contributed by atoms with Crippen LogP contribution < -0.4 is 5.32 Å². The van der Waals surface area contributed by atoms with E-state index in [1.54, 1.807) is 11.3 Å². The summed E-state index contributed by atoms with van der Waals surface area (Å²) in [4.78, 5) is 12.9. The molecule has 0 saturated heterocycles. The summed E-state index contributed by atoms with van der Waals surface area (Å²) in [6.45, 7) is 6.55. The minimum Gasteiger partial charge on any atom is -0.369 e. The van der Waals surface area contributed by atoms with Crippen molar-refractivity contribution in [3.8, 4) is 0 Å². The lowest BCUT2D eigenvalue weighted by atomic mass is 10.3. The van der Waals surface area contributed by atoms with Gasteiger partial charge in [0, 0.05) is 29.6 Å². The minimum atomic E-state index is 0.509. The molecular weight excluding hydrogens is 268 g/mol. The Morgan fingerprint density at radius 1 is 1.22 bits per heavy atom. The van der Waals surface area contributed by atoms with Gasteiger partial charge < -0.3 is 5.32 Å². The summed E-state index contributed by atoms with van der Waals surface area (Å²) in [6, 6.07) is 0. The van der Waals surface area contributed by atoms with E-state index in [1.807, 2.05) is 20.8 Å². The van der Waals surface area contributed by atoms with Gasteiger partial charge in [-0.25, -0.2) is 15.0 Å². The number of anilines is 1. The number of hydrogen-bond donors (Lipinski definition) is 1. The molecule has 0 bridgehead atoms. The van der Waals surface area contributed by atoms with Crippen LogP contribution in [0.3, 0.4) is 0 Å². The van der Waals surface area contributed by atoms with Gasteiger partial charge in [-0.1, -0.05) is 11.6 Å². The molecule has 0 fully saturated rings. The van der Waals surface area contributed by atoms with Gasteiger partial charge in [0.25, 0.3) is 0 Å². The summed E-state index contributed by atoms with van der Waals surface area (Å²) in [5.74, 6) is 1.49. The molecule has 0 saturated carbocycles. The molecule has 2 aromatic rings. The van der Waals surface area contributed by atoms with E-state index in [-0.39, 0.29) is 0 Å². The summed E-state index contributed by atoms with van der Waals surface area (Å²) in [6.07, 6.45) is 0.888.